The second-order valence-electron chi connectivity index (χ2n) is 9.16. The number of thioether (sulfide) groups is 1. The summed E-state index contributed by atoms with van der Waals surface area (Å²) in [6, 6.07) is 6.12. The number of nitrogens with one attached hydrogen (secondary N) is 1. The molecule has 1 saturated heterocycles. The van der Waals surface area contributed by atoms with Gasteiger partial charge in [0.2, 0.25) is 5.89 Å². The first-order valence-corrected chi connectivity index (χ1v) is 12.8. The lowest BCUT2D eigenvalue weighted by Crippen LogP contribution is -2.42. The summed E-state index contributed by atoms with van der Waals surface area (Å²) in [6.45, 7) is 7.47. The van der Waals surface area contributed by atoms with Crippen molar-refractivity contribution in [2.24, 2.45) is 0 Å². The molecule has 11 heteroatoms. The lowest BCUT2D eigenvalue weighted by Gasteiger charge is -2.32. The molecule has 0 atom stereocenters. The van der Waals surface area contributed by atoms with Crippen LogP contribution in [0.1, 0.15) is 55.6 Å². The Balaban J connectivity index is 1.25. The standard InChI is InChI=1S/C23H27N5O4S2/c1-23(2,3)18-12-24-19(32-18)14-33-20-13-25-22(34-20)26-16-7-9-27(10-8-16)21(29)15-5-4-6-17(11-15)28(30)31/h4-6,11-13,16H,7-10,14H2,1-3H3,(H,25,26). The quantitative estimate of drug-likeness (QED) is 0.262. The van der Waals surface area contributed by atoms with Crippen LogP contribution in [0.3, 0.4) is 0 Å². The molecule has 0 saturated carbocycles. The van der Waals surface area contributed by atoms with Crippen molar-refractivity contribution in [3.05, 3.63) is 64.0 Å². The van der Waals surface area contributed by atoms with Gasteiger partial charge in [-0.1, -0.05) is 38.2 Å². The van der Waals surface area contributed by atoms with Crippen LogP contribution in [0, 0.1) is 10.1 Å². The zero-order valence-electron chi connectivity index (χ0n) is 19.3. The fourth-order valence-electron chi connectivity index (χ4n) is 3.59. The highest BCUT2D eigenvalue weighted by Gasteiger charge is 2.25. The van der Waals surface area contributed by atoms with Crippen LogP contribution >= 0.6 is 23.1 Å². The number of nitro groups is 1. The number of oxazole rings is 1. The SMILES string of the molecule is CC(C)(C)c1cnc(CSc2cnc(NC3CCN(C(=O)c4cccc([N+](=O)[O-])c4)CC3)s2)o1. The summed E-state index contributed by atoms with van der Waals surface area (Å²) >= 11 is 3.24. The third-order valence-electron chi connectivity index (χ3n) is 5.53. The average molecular weight is 502 g/mol. The number of anilines is 1. The van der Waals surface area contributed by atoms with Crippen molar-refractivity contribution >= 4 is 39.8 Å². The Morgan fingerprint density at radius 2 is 2.06 bits per heavy atom. The first kappa shape index (κ1) is 24.2. The number of rotatable bonds is 7. The predicted octanol–water partition coefficient (Wildman–Crippen LogP) is 5.35. The van der Waals surface area contributed by atoms with E-state index in [4.69, 9.17) is 4.42 Å². The van der Waals surface area contributed by atoms with E-state index in [0.29, 0.717) is 30.3 Å². The molecule has 1 aromatic carbocycles. The Morgan fingerprint density at radius 3 is 2.74 bits per heavy atom. The van der Waals surface area contributed by atoms with E-state index >= 15 is 0 Å². The van der Waals surface area contributed by atoms with Crippen molar-refractivity contribution in [1.82, 2.24) is 14.9 Å². The zero-order valence-corrected chi connectivity index (χ0v) is 20.9. The maximum Gasteiger partial charge on any atom is 0.270 e. The summed E-state index contributed by atoms with van der Waals surface area (Å²) in [4.78, 5) is 33.8. The van der Waals surface area contributed by atoms with Crippen LogP contribution in [0.4, 0.5) is 10.8 Å². The molecule has 3 aromatic rings. The number of carbonyl (C=O) groups excluding carboxylic acids is 1. The molecule has 0 radical (unpaired) electrons. The van der Waals surface area contributed by atoms with Crippen LogP contribution < -0.4 is 5.32 Å². The number of hydrogen-bond acceptors (Lipinski definition) is 9. The summed E-state index contributed by atoms with van der Waals surface area (Å²) in [5.74, 6) is 2.07. The van der Waals surface area contributed by atoms with Crippen LogP contribution in [-0.2, 0) is 11.2 Å². The van der Waals surface area contributed by atoms with E-state index in [0.717, 1.165) is 27.9 Å². The molecule has 0 spiro atoms. The largest absolute Gasteiger partial charge is 0.444 e. The van der Waals surface area contributed by atoms with Crippen LogP contribution in [-0.4, -0.2) is 44.8 Å². The minimum absolute atomic E-state index is 0.0588. The third-order valence-corrected chi connectivity index (χ3v) is 7.64. The number of likely N-dealkylation sites (tertiary alicyclic amines) is 1. The summed E-state index contributed by atoms with van der Waals surface area (Å²) in [7, 11) is 0. The fourth-order valence-corrected chi connectivity index (χ4v) is 5.39. The van der Waals surface area contributed by atoms with Gasteiger partial charge in [0.1, 0.15) is 5.76 Å². The Bertz CT molecular complexity index is 1160. The zero-order chi connectivity index (χ0) is 24.3. The van der Waals surface area contributed by atoms with Crippen molar-refractivity contribution in [2.75, 3.05) is 18.4 Å². The normalized spacial score (nSPS) is 14.9. The molecule has 9 nitrogen and oxygen atoms in total. The lowest BCUT2D eigenvalue weighted by atomic mass is 9.94. The monoisotopic (exact) mass is 501 g/mol. The number of thiazole rings is 1. The molecule has 3 heterocycles. The van der Waals surface area contributed by atoms with E-state index in [2.05, 4.69) is 36.1 Å². The Morgan fingerprint density at radius 1 is 1.29 bits per heavy atom. The van der Waals surface area contributed by atoms with Crippen molar-refractivity contribution in [3.63, 3.8) is 0 Å². The number of carbonyl (C=O) groups is 1. The van der Waals surface area contributed by atoms with Crippen molar-refractivity contribution in [2.45, 2.75) is 55.0 Å². The third kappa shape index (κ3) is 5.95. The first-order chi connectivity index (χ1) is 16.2. The molecule has 180 valence electrons. The van der Waals surface area contributed by atoms with Crippen molar-refractivity contribution in [1.29, 1.82) is 0 Å². The van der Waals surface area contributed by atoms with Gasteiger partial charge in [0, 0.05) is 42.2 Å². The van der Waals surface area contributed by atoms with E-state index in [1.807, 2.05) is 6.20 Å². The number of amides is 1. The van der Waals surface area contributed by atoms with E-state index in [1.54, 1.807) is 46.3 Å². The van der Waals surface area contributed by atoms with Gasteiger partial charge in [-0.25, -0.2) is 9.97 Å². The van der Waals surface area contributed by atoms with Gasteiger partial charge < -0.3 is 14.6 Å². The number of aromatic nitrogens is 2. The molecule has 1 aliphatic rings. The summed E-state index contributed by atoms with van der Waals surface area (Å²) in [6.07, 6.45) is 5.22. The predicted molar refractivity (Wildman–Crippen MR) is 133 cm³/mol. The van der Waals surface area contributed by atoms with E-state index in [1.165, 1.54) is 12.1 Å². The average Bonchev–Trinajstić information content (AvgIpc) is 3.47. The Labute approximate surface area is 206 Å². The second-order valence-corrected chi connectivity index (χ2v) is 11.5. The number of nitrogens with zero attached hydrogens (tertiary/aromatic N) is 4. The molecular formula is C23H27N5O4S2. The first-order valence-electron chi connectivity index (χ1n) is 11.0. The molecule has 1 aliphatic heterocycles. The fraction of sp³-hybridized carbons (Fsp3) is 0.435. The highest BCUT2D eigenvalue weighted by molar-refractivity contribution is 8.00. The maximum atomic E-state index is 12.7. The van der Waals surface area contributed by atoms with Crippen molar-refractivity contribution in [3.8, 4) is 0 Å². The molecule has 1 amide bonds. The summed E-state index contributed by atoms with van der Waals surface area (Å²) < 4.78 is 6.93. The molecule has 1 N–H and O–H groups in total. The van der Waals surface area contributed by atoms with E-state index in [-0.39, 0.29) is 23.1 Å². The number of hydrogen-bond donors (Lipinski definition) is 1. The van der Waals surface area contributed by atoms with Crippen LogP contribution in [0.15, 0.2) is 45.3 Å². The van der Waals surface area contributed by atoms with E-state index < -0.39 is 4.92 Å². The molecular weight excluding hydrogens is 474 g/mol. The number of nitro benzene ring substituents is 1. The lowest BCUT2D eigenvalue weighted by molar-refractivity contribution is -0.384. The van der Waals surface area contributed by atoms with Gasteiger partial charge >= 0.3 is 0 Å². The highest BCUT2D eigenvalue weighted by Crippen LogP contribution is 2.32. The highest BCUT2D eigenvalue weighted by atomic mass is 32.2. The Hall–Kier alpha value is -2.92. The molecule has 2 aromatic heterocycles. The molecule has 0 aliphatic carbocycles. The summed E-state index contributed by atoms with van der Waals surface area (Å²) in [5.41, 5.74) is 0.219. The smallest absolute Gasteiger partial charge is 0.270 e. The van der Waals surface area contributed by atoms with Crippen LogP contribution in [0.2, 0.25) is 0 Å². The molecule has 0 bridgehead atoms. The van der Waals surface area contributed by atoms with Gasteiger partial charge in [-0.15, -0.1) is 11.8 Å². The number of piperidine rings is 1. The molecule has 1 fully saturated rings. The molecule has 0 unspecified atom stereocenters. The van der Waals surface area contributed by atoms with Gasteiger partial charge in [0.25, 0.3) is 11.6 Å². The van der Waals surface area contributed by atoms with Gasteiger partial charge in [-0.3, -0.25) is 14.9 Å². The van der Waals surface area contributed by atoms with Crippen molar-refractivity contribution < 1.29 is 14.1 Å². The van der Waals surface area contributed by atoms with E-state index in [9.17, 15) is 14.9 Å². The number of non-ortho nitro benzene ring substituents is 1. The van der Waals surface area contributed by atoms with Gasteiger partial charge in [0.15, 0.2) is 5.13 Å². The van der Waals surface area contributed by atoms with Gasteiger partial charge in [-0.05, 0) is 18.9 Å². The second kappa shape index (κ2) is 10.1. The Kier molecular flexibility index (Phi) is 7.22. The minimum Gasteiger partial charge on any atom is -0.444 e. The minimum atomic E-state index is -0.484. The molecule has 4 rings (SSSR count). The van der Waals surface area contributed by atoms with Gasteiger partial charge in [0.05, 0.1) is 27.3 Å². The van der Waals surface area contributed by atoms with Gasteiger partial charge in [-0.2, -0.15) is 0 Å². The number of benzene rings is 1. The summed E-state index contributed by atoms with van der Waals surface area (Å²) in [5, 5.41) is 15.3. The van der Waals surface area contributed by atoms with Crippen LogP contribution in [0.25, 0.3) is 0 Å². The topological polar surface area (TPSA) is 114 Å². The van der Waals surface area contributed by atoms with Crippen LogP contribution in [0.5, 0.6) is 0 Å². The maximum absolute atomic E-state index is 12.7. The molecule has 34 heavy (non-hydrogen) atoms.